The molecule has 25 heavy (non-hydrogen) atoms. The summed E-state index contributed by atoms with van der Waals surface area (Å²) in [6, 6.07) is 12.4. The molecule has 134 valence electrons. The average molecular weight is 341 g/mol. The number of hydrogen-bond donors (Lipinski definition) is 1. The molecule has 1 saturated heterocycles. The largest absolute Gasteiger partial charge is 0.361 e. The quantitative estimate of drug-likeness (QED) is 0.877. The summed E-state index contributed by atoms with van der Waals surface area (Å²) in [5, 5.41) is 7.53. The second-order valence-corrected chi connectivity index (χ2v) is 6.98. The van der Waals surface area contributed by atoms with Crippen LogP contribution in [0, 0.1) is 5.92 Å². The molecule has 1 N–H and O–H groups in total. The standard InChI is InChI=1S/C20H27N3O2/c1-15-13-17(10-11-21-15)20(24)23(2)12-6-9-18-14-19(22-25-18)16-7-4-3-5-8-16/h3-5,7-8,14-15,17,21H,6,9-13H2,1-2H3/t15-,17-/m0/s1. The van der Waals surface area contributed by atoms with E-state index in [2.05, 4.69) is 17.4 Å². The van der Waals surface area contributed by atoms with Crippen LogP contribution in [-0.2, 0) is 11.2 Å². The van der Waals surface area contributed by atoms with E-state index in [4.69, 9.17) is 4.52 Å². The summed E-state index contributed by atoms with van der Waals surface area (Å²) in [4.78, 5) is 14.4. The van der Waals surface area contributed by atoms with Gasteiger partial charge in [-0.2, -0.15) is 0 Å². The number of nitrogens with zero attached hydrogens (tertiary/aromatic N) is 2. The Morgan fingerprint density at radius 2 is 2.16 bits per heavy atom. The van der Waals surface area contributed by atoms with Crippen molar-refractivity contribution in [2.24, 2.45) is 5.92 Å². The number of aromatic nitrogens is 1. The molecule has 1 aliphatic rings. The summed E-state index contributed by atoms with van der Waals surface area (Å²) in [5.41, 5.74) is 1.92. The lowest BCUT2D eigenvalue weighted by atomic mass is 9.92. The Balaban J connectivity index is 1.46. The van der Waals surface area contributed by atoms with Crippen LogP contribution in [0.1, 0.15) is 31.9 Å². The molecule has 2 atom stereocenters. The van der Waals surface area contributed by atoms with E-state index in [1.54, 1.807) is 0 Å². The molecule has 1 aromatic heterocycles. The van der Waals surface area contributed by atoms with E-state index in [1.165, 1.54) is 0 Å². The molecule has 0 spiro atoms. The molecule has 1 aliphatic heterocycles. The fourth-order valence-corrected chi connectivity index (χ4v) is 3.44. The average Bonchev–Trinajstić information content (AvgIpc) is 3.10. The molecule has 1 amide bonds. The number of nitrogens with one attached hydrogen (secondary N) is 1. The molecule has 0 aliphatic carbocycles. The van der Waals surface area contributed by atoms with Gasteiger partial charge in [-0.15, -0.1) is 0 Å². The van der Waals surface area contributed by atoms with Gasteiger partial charge in [-0.1, -0.05) is 35.5 Å². The van der Waals surface area contributed by atoms with Crippen molar-refractivity contribution in [3.8, 4) is 11.3 Å². The highest BCUT2D eigenvalue weighted by molar-refractivity contribution is 5.78. The number of carbonyl (C=O) groups is 1. The number of carbonyl (C=O) groups excluding carboxylic acids is 1. The van der Waals surface area contributed by atoms with Crippen molar-refractivity contribution >= 4 is 5.91 Å². The number of piperidine rings is 1. The van der Waals surface area contributed by atoms with E-state index in [0.29, 0.717) is 6.04 Å². The summed E-state index contributed by atoms with van der Waals surface area (Å²) in [5.74, 6) is 1.31. The normalized spacial score (nSPS) is 20.4. The van der Waals surface area contributed by atoms with Gasteiger partial charge in [0.05, 0.1) is 0 Å². The van der Waals surface area contributed by atoms with E-state index in [9.17, 15) is 4.79 Å². The van der Waals surface area contributed by atoms with Crippen LogP contribution >= 0.6 is 0 Å². The van der Waals surface area contributed by atoms with Crippen molar-refractivity contribution in [1.29, 1.82) is 0 Å². The predicted octanol–water partition coefficient (Wildman–Crippen LogP) is 3.12. The van der Waals surface area contributed by atoms with Gasteiger partial charge in [0.25, 0.3) is 0 Å². The Kier molecular flexibility index (Phi) is 5.87. The minimum Gasteiger partial charge on any atom is -0.361 e. The number of hydrogen-bond acceptors (Lipinski definition) is 4. The van der Waals surface area contributed by atoms with Crippen LogP contribution in [0.5, 0.6) is 0 Å². The molecule has 5 heteroatoms. The molecule has 0 saturated carbocycles. The van der Waals surface area contributed by atoms with E-state index in [0.717, 1.165) is 55.8 Å². The Labute approximate surface area is 149 Å². The number of amides is 1. The van der Waals surface area contributed by atoms with E-state index < -0.39 is 0 Å². The van der Waals surface area contributed by atoms with Crippen molar-refractivity contribution in [2.75, 3.05) is 20.1 Å². The van der Waals surface area contributed by atoms with Gasteiger partial charge in [0, 0.05) is 43.6 Å². The molecule has 0 radical (unpaired) electrons. The third-order valence-corrected chi connectivity index (χ3v) is 4.89. The number of benzene rings is 1. The molecular weight excluding hydrogens is 314 g/mol. The monoisotopic (exact) mass is 341 g/mol. The van der Waals surface area contributed by atoms with Crippen LogP contribution < -0.4 is 5.32 Å². The van der Waals surface area contributed by atoms with Crippen molar-refractivity contribution in [3.05, 3.63) is 42.2 Å². The highest BCUT2D eigenvalue weighted by Crippen LogP contribution is 2.20. The third kappa shape index (κ3) is 4.69. The molecule has 2 aromatic rings. The first-order chi connectivity index (χ1) is 12.1. The second kappa shape index (κ2) is 8.30. The third-order valence-electron chi connectivity index (χ3n) is 4.89. The first-order valence-electron chi connectivity index (χ1n) is 9.13. The lowest BCUT2D eigenvalue weighted by Crippen LogP contribution is -2.43. The van der Waals surface area contributed by atoms with Crippen LogP contribution in [0.25, 0.3) is 11.3 Å². The van der Waals surface area contributed by atoms with Crippen LogP contribution in [0.2, 0.25) is 0 Å². The fraction of sp³-hybridized carbons (Fsp3) is 0.500. The van der Waals surface area contributed by atoms with Gasteiger partial charge in [0.1, 0.15) is 11.5 Å². The van der Waals surface area contributed by atoms with E-state index in [-0.39, 0.29) is 11.8 Å². The minimum absolute atomic E-state index is 0.163. The van der Waals surface area contributed by atoms with Gasteiger partial charge in [-0.25, -0.2) is 0 Å². The van der Waals surface area contributed by atoms with Crippen LogP contribution in [0.15, 0.2) is 40.9 Å². The van der Waals surface area contributed by atoms with Crippen molar-refractivity contribution in [2.45, 2.75) is 38.6 Å². The molecule has 2 heterocycles. The van der Waals surface area contributed by atoms with Crippen molar-refractivity contribution < 1.29 is 9.32 Å². The van der Waals surface area contributed by atoms with Gasteiger partial charge in [0.2, 0.25) is 5.91 Å². The maximum absolute atomic E-state index is 12.5. The summed E-state index contributed by atoms with van der Waals surface area (Å²) in [6.45, 7) is 3.83. The van der Waals surface area contributed by atoms with Gasteiger partial charge >= 0.3 is 0 Å². The molecule has 1 aromatic carbocycles. The topological polar surface area (TPSA) is 58.4 Å². The Morgan fingerprint density at radius 1 is 1.36 bits per heavy atom. The predicted molar refractivity (Wildman–Crippen MR) is 98.1 cm³/mol. The second-order valence-electron chi connectivity index (χ2n) is 6.98. The van der Waals surface area contributed by atoms with E-state index >= 15 is 0 Å². The Morgan fingerprint density at radius 3 is 2.92 bits per heavy atom. The molecule has 5 nitrogen and oxygen atoms in total. The zero-order valence-electron chi connectivity index (χ0n) is 15.1. The molecular formula is C20H27N3O2. The number of rotatable bonds is 6. The highest BCUT2D eigenvalue weighted by Gasteiger charge is 2.26. The maximum atomic E-state index is 12.5. The lowest BCUT2D eigenvalue weighted by Gasteiger charge is -2.30. The molecule has 0 unspecified atom stereocenters. The first kappa shape index (κ1) is 17.7. The Hall–Kier alpha value is -2.14. The highest BCUT2D eigenvalue weighted by atomic mass is 16.5. The van der Waals surface area contributed by atoms with Crippen LogP contribution in [0.4, 0.5) is 0 Å². The molecule has 3 rings (SSSR count). The Bertz CT molecular complexity index is 683. The summed E-state index contributed by atoms with van der Waals surface area (Å²) in [7, 11) is 1.91. The smallest absolute Gasteiger partial charge is 0.225 e. The first-order valence-corrected chi connectivity index (χ1v) is 9.13. The van der Waals surface area contributed by atoms with Crippen molar-refractivity contribution in [3.63, 3.8) is 0 Å². The fourth-order valence-electron chi connectivity index (χ4n) is 3.44. The summed E-state index contributed by atoms with van der Waals surface area (Å²) in [6.07, 6.45) is 3.55. The number of aryl methyl sites for hydroxylation is 1. The van der Waals surface area contributed by atoms with Gasteiger partial charge in [-0.05, 0) is 32.7 Å². The summed E-state index contributed by atoms with van der Waals surface area (Å²) < 4.78 is 5.43. The van der Waals surface area contributed by atoms with Gasteiger partial charge in [-0.3, -0.25) is 4.79 Å². The lowest BCUT2D eigenvalue weighted by molar-refractivity contribution is -0.135. The van der Waals surface area contributed by atoms with Gasteiger partial charge < -0.3 is 14.7 Å². The SMILES string of the molecule is C[C@H]1C[C@@H](C(=O)N(C)CCCc2cc(-c3ccccc3)no2)CCN1. The zero-order valence-corrected chi connectivity index (χ0v) is 15.1. The zero-order chi connectivity index (χ0) is 17.6. The maximum Gasteiger partial charge on any atom is 0.225 e. The van der Waals surface area contributed by atoms with Crippen LogP contribution in [-0.4, -0.2) is 42.1 Å². The van der Waals surface area contributed by atoms with Gasteiger partial charge in [0.15, 0.2) is 0 Å². The summed E-state index contributed by atoms with van der Waals surface area (Å²) >= 11 is 0. The molecule has 0 bridgehead atoms. The van der Waals surface area contributed by atoms with E-state index in [1.807, 2.05) is 48.3 Å². The van der Waals surface area contributed by atoms with Crippen molar-refractivity contribution in [1.82, 2.24) is 15.4 Å². The molecule has 1 fully saturated rings. The van der Waals surface area contributed by atoms with Crippen LogP contribution in [0.3, 0.4) is 0 Å². The minimum atomic E-state index is 0.163.